The van der Waals surface area contributed by atoms with Crippen LogP contribution in [0.2, 0.25) is 0 Å². The Labute approximate surface area is 120 Å². The molecule has 4 rings (SSSR count). The van der Waals surface area contributed by atoms with Crippen molar-refractivity contribution in [1.82, 2.24) is 9.55 Å². The first-order valence-corrected chi connectivity index (χ1v) is 7.32. The summed E-state index contributed by atoms with van der Waals surface area (Å²) in [6.45, 7) is 2.02. The lowest BCUT2D eigenvalue weighted by Crippen LogP contribution is -1.96. The Morgan fingerprint density at radius 2 is 2.00 bits per heavy atom. The van der Waals surface area contributed by atoms with Crippen LogP contribution in [0.15, 0.2) is 47.8 Å². The number of nitrogens with zero attached hydrogens (tertiary/aromatic N) is 2. The van der Waals surface area contributed by atoms with Crippen molar-refractivity contribution in [2.75, 3.05) is 5.73 Å². The molecule has 2 aromatic heterocycles. The number of nitrogens with two attached hydrogens (primary N) is 1. The smallest absolute Gasteiger partial charge is 0.111 e. The molecule has 3 nitrogen and oxygen atoms in total. The molecular weight excluding hydrogens is 266 g/mol. The molecular formula is C16H13N3S. The average Bonchev–Trinajstić information content (AvgIpc) is 3.00. The van der Waals surface area contributed by atoms with Crippen molar-refractivity contribution >= 4 is 38.1 Å². The molecule has 98 valence electrons. The van der Waals surface area contributed by atoms with Crippen LogP contribution in [0, 0.1) is 6.92 Å². The minimum Gasteiger partial charge on any atom is -0.399 e. The van der Waals surface area contributed by atoms with Crippen molar-refractivity contribution < 1.29 is 0 Å². The van der Waals surface area contributed by atoms with Crippen LogP contribution in [-0.2, 0) is 0 Å². The molecule has 20 heavy (non-hydrogen) atoms. The Morgan fingerprint density at radius 1 is 1.10 bits per heavy atom. The summed E-state index contributed by atoms with van der Waals surface area (Å²) in [6.07, 6.45) is 0. The number of hydrogen-bond acceptors (Lipinski definition) is 3. The second-order valence-corrected chi connectivity index (χ2v) is 5.83. The maximum Gasteiger partial charge on any atom is 0.111 e. The fourth-order valence-corrected chi connectivity index (χ4v) is 3.41. The highest BCUT2D eigenvalue weighted by atomic mass is 32.1. The maximum atomic E-state index is 5.83. The number of hydrogen-bond donors (Lipinski definition) is 1. The van der Waals surface area contributed by atoms with E-state index in [-0.39, 0.29) is 0 Å². The van der Waals surface area contributed by atoms with Crippen LogP contribution in [0.5, 0.6) is 0 Å². The average molecular weight is 279 g/mol. The number of nitrogen functional groups attached to an aromatic ring is 1. The zero-order chi connectivity index (χ0) is 13.7. The molecule has 0 aliphatic carbocycles. The van der Waals surface area contributed by atoms with E-state index in [1.165, 1.54) is 10.1 Å². The van der Waals surface area contributed by atoms with Gasteiger partial charge in [-0.3, -0.25) is 4.57 Å². The summed E-state index contributed by atoms with van der Waals surface area (Å²) in [6, 6.07) is 14.5. The van der Waals surface area contributed by atoms with E-state index < -0.39 is 0 Å². The third-order valence-corrected chi connectivity index (χ3v) is 4.44. The minimum atomic E-state index is 0.746. The first kappa shape index (κ1) is 11.5. The van der Waals surface area contributed by atoms with Crippen LogP contribution < -0.4 is 5.73 Å². The molecule has 0 saturated heterocycles. The summed E-state index contributed by atoms with van der Waals surface area (Å²) in [7, 11) is 0. The predicted molar refractivity (Wildman–Crippen MR) is 85.6 cm³/mol. The Balaban J connectivity index is 2.03. The number of anilines is 1. The van der Waals surface area contributed by atoms with E-state index in [0.717, 1.165) is 28.2 Å². The standard InChI is InChI=1S/C16H13N3S/c1-10-18-14-9-12(17)2-4-15(14)19(10)13-3-5-16-11(8-13)6-7-20-16/h2-9H,17H2,1H3. The minimum absolute atomic E-state index is 0.746. The largest absolute Gasteiger partial charge is 0.399 e. The summed E-state index contributed by atoms with van der Waals surface area (Å²) in [5.41, 5.74) is 9.75. The molecule has 2 aromatic carbocycles. The Bertz CT molecular complexity index is 933. The number of fused-ring (bicyclic) bond motifs is 2. The maximum absolute atomic E-state index is 5.83. The number of imidazole rings is 1. The van der Waals surface area contributed by atoms with Crippen LogP contribution in [0.1, 0.15) is 5.82 Å². The molecule has 0 aliphatic heterocycles. The van der Waals surface area contributed by atoms with E-state index in [4.69, 9.17) is 5.73 Å². The molecule has 0 aliphatic rings. The summed E-state index contributed by atoms with van der Waals surface area (Å²) < 4.78 is 3.48. The molecule has 2 heterocycles. The van der Waals surface area contributed by atoms with Gasteiger partial charge in [0.05, 0.1) is 11.0 Å². The molecule has 0 amide bonds. The molecule has 4 aromatic rings. The fourth-order valence-electron chi connectivity index (χ4n) is 2.64. The van der Waals surface area contributed by atoms with Crippen molar-refractivity contribution in [3.05, 3.63) is 53.7 Å². The zero-order valence-electron chi connectivity index (χ0n) is 11.0. The second-order valence-electron chi connectivity index (χ2n) is 4.89. The monoisotopic (exact) mass is 279 g/mol. The highest BCUT2D eigenvalue weighted by Crippen LogP contribution is 2.27. The van der Waals surface area contributed by atoms with Crippen molar-refractivity contribution in [1.29, 1.82) is 0 Å². The number of thiophene rings is 1. The third kappa shape index (κ3) is 1.62. The molecule has 0 atom stereocenters. The van der Waals surface area contributed by atoms with E-state index in [9.17, 15) is 0 Å². The molecule has 2 N–H and O–H groups in total. The second kappa shape index (κ2) is 4.08. The lowest BCUT2D eigenvalue weighted by molar-refractivity contribution is 1.00. The van der Waals surface area contributed by atoms with Gasteiger partial charge >= 0.3 is 0 Å². The Morgan fingerprint density at radius 3 is 2.90 bits per heavy atom. The molecule has 4 heteroatoms. The van der Waals surface area contributed by atoms with Gasteiger partial charge in [-0.25, -0.2) is 4.98 Å². The molecule has 0 bridgehead atoms. The van der Waals surface area contributed by atoms with E-state index in [0.29, 0.717) is 0 Å². The normalized spacial score (nSPS) is 11.4. The molecule has 0 saturated carbocycles. The van der Waals surface area contributed by atoms with E-state index in [1.54, 1.807) is 11.3 Å². The van der Waals surface area contributed by atoms with Crippen LogP contribution in [0.3, 0.4) is 0 Å². The number of benzene rings is 2. The van der Waals surface area contributed by atoms with E-state index in [1.807, 2.05) is 25.1 Å². The van der Waals surface area contributed by atoms with E-state index in [2.05, 4.69) is 39.2 Å². The van der Waals surface area contributed by atoms with Crippen LogP contribution in [0.4, 0.5) is 5.69 Å². The van der Waals surface area contributed by atoms with Gasteiger partial charge in [-0.05, 0) is 60.2 Å². The first-order valence-electron chi connectivity index (χ1n) is 6.44. The molecule has 0 radical (unpaired) electrons. The van der Waals surface area contributed by atoms with Gasteiger partial charge < -0.3 is 5.73 Å². The fraction of sp³-hybridized carbons (Fsp3) is 0.0625. The lowest BCUT2D eigenvalue weighted by Gasteiger charge is -2.07. The van der Waals surface area contributed by atoms with Crippen molar-refractivity contribution in [2.45, 2.75) is 6.92 Å². The van der Waals surface area contributed by atoms with Crippen LogP contribution in [-0.4, -0.2) is 9.55 Å². The van der Waals surface area contributed by atoms with Gasteiger partial charge in [0.15, 0.2) is 0 Å². The summed E-state index contributed by atoms with van der Waals surface area (Å²) >= 11 is 1.76. The molecule has 0 fully saturated rings. The van der Waals surface area contributed by atoms with Gasteiger partial charge in [0, 0.05) is 16.1 Å². The van der Waals surface area contributed by atoms with Crippen LogP contribution >= 0.6 is 11.3 Å². The summed E-state index contributed by atoms with van der Waals surface area (Å²) in [4.78, 5) is 4.60. The topological polar surface area (TPSA) is 43.8 Å². The highest BCUT2D eigenvalue weighted by Gasteiger charge is 2.10. The van der Waals surface area contributed by atoms with Gasteiger partial charge in [0.1, 0.15) is 5.82 Å². The quantitative estimate of drug-likeness (QED) is 0.532. The predicted octanol–water partition coefficient (Wildman–Crippen LogP) is 4.13. The molecule has 0 spiro atoms. The SMILES string of the molecule is Cc1nc2cc(N)ccc2n1-c1ccc2sccc2c1. The van der Waals surface area contributed by atoms with Gasteiger partial charge in [-0.15, -0.1) is 11.3 Å². The van der Waals surface area contributed by atoms with Gasteiger partial charge in [-0.2, -0.15) is 0 Å². The van der Waals surface area contributed by atoms with Crippen molar-refractivity contribution in [3.63, 3.8) is 0 Å². The van der Waals surface area contributed by atoms with Gasteiger partial charge in [0.25, 0.3) is 0 Å². The Hall–Kier alpha value is -2.33. The summed E-state index contributed by atoms with van der Waals surface area (Å²) in [5, 5.41) is 3.39. The first-order chi connectivity index (χ1) is 9.72. The van der Waals surface area contributed by atoms with Crippen molar-refractivity contribution in [2.24, 2.45) is 0 Å². The zero-order valence-corrected chi connectivity index (χ0v) is 11.8. The number of rotatable bonds is 1. The summed E-state index contributed by atoms with van der Waals surface area (Å²) in [5.74, 6) is 0.972. The highest BCUT2D eigenvalue weighted by molar-refractivity contribution is 7.17. The lowest BCUT2D eigenvalue weighted by atomic mass is 10.2. The van der Waals surface area contributed by atoms with Crippen LogP contribution in [0.25, 0.3) is 26.8 Å². The molecule has 0 unspecified atom stereocenters. The van der Waals surface area contributed by atoms with Gasteiger partial charge in [-0.1, -0.05) is 0 Å². The van der Waals surface area contributed by atoms with E-state index >= 15 is 0 Å². The van der Waals surface area contributed by atoms with Crippen molar-refractivity contribution in [3.8, 4) is 5.69 Å². The Kier molecular flexibility index (Phi) is 2.35. The number of aromatic nitrogens is 2. The third-order valence-electron chi connectivity index (χ3n) is 3.54. The number of aryl methyl sites for hydroxylation is 1. The van der Waals surface area contributed by atoms with Gasteiger partial charge in [0.2, 0.25) is 0 Å².